The van der Waals surface area contributed by atoms with E-state index in [9.17, 15) is 9.59 Å². The van der Waals surface area contributed by atoms with Crippen molar-refractivity contribution >= 4 is 23.7 Å². The summed E-state index contributed by atoms with van der Waals surface area (Å²) in [6, 6.07) is 7.86. The maximum atomic E-state index is 13.4. The molecule has 1 fully saturated rings. The van der Waals surface area contributed by atoms with Gasteiger partial charge in [0.2, 0.25) is 5.95 Å². The van der Waals surface area contributed by atoms with Crippen molar-refractivity contribution in [1.29, 1.82) is 0 Å². The van der Waals surface area contributed by atoms with Crippen LogP contribution in [0.4, 0.5) is 5.95 Å². The number of rotatable bonds is 7. The lowest BCUT2D eigenvalue weighted by atomic mass is 9.71. The highest BCUT2D eigenvalue weighted by molar-refractivity contribution is 6.09. The fourth-order valence-corrected chi connectivity index (χ4v) is 4.54. The van der Waals surface area contributed by atoms with Crippen LogP contribution in [0.5, 0.6) is 0 Å². The summed E-state index contributed by atoms with van der Waals surface area (Å²) < 4.78 is 5.28. The lowest BCUT2D eigenvalue weighted by molar-refractivity contribution is -0.162. The number of nitrogens with two attached hydrogens (primary N) is 2. The van der Waals surface area contributed by atoms with Gasteiger partial charge < -0.3 is 16.2 Å². The van der Waals surface area contributed by atoms with Crippen molar-refractivity contribution in [2.75, 3.05) is 12.3 Å². The van der Waals surface area contributed by atoms with E-state index >= 15 is 0 Å². The van der Waals surface area contributed by atoms with Crippen LogP contribution >= 0.6 is 0 Å². The van der Waals surface area contributed by atoms with Gasteiger partial charge in [-0.25, -0.2) is 9.97 Å². The van der Waals surface area contributed by atoms with E-state index in [2.05, 4.69) is 15.0 Å². The molecule has 0 spiro atoms. The maximum Gasteiger partial charge on any atom is 0.321 e. The Morgan fingerprint density at radius 1 is 1.09 bits per heavy atom. The Labute approximate surface area is 201 Å². The summed E-state index contributed by atoms with van der Waals surface area (Å²) in [4.78, 5) is 38.7. The molecular formula is C26H35N5O3. The number of amidine groups is 1. The molecule has 8 heteroatoms. The minimum Gasteiger partial charge on any atom is -0.465 e. The van der Waals surface area contributed by atoms with E-state index in [0.29, 0.717) is 12.8 Å². The number of carbonyl (C=O) groups is 2. The normalized spacial score (nSPS) is 17.7. The van der Waals surface area contributed by atoms with Crippen molar-refractivity contribution in [1.82, 2.24) is 9.97 Å². The van der Waals surface area contributed by atoms with Crippen molar-refractivity contribution in [3.05, 3.63) is 42.2 Å². The van der Waals surface area contributed by atoms with E-state index in [1.54, 1.807) is 19.3 Å². The number of anilines is 1. The number of nitrogens with zero attached hydrogens (tertiary/aromatic N) is 3. The molecule has 1 unspecified atom stereocenters. The number of carbonyl (C=O) groups excluding carboxylic acids is 2. The second kappa shape index (κ2) is 10.3. The predicted octanol–water partition coefficient (Wildman–Crippen LogP) is 4.04. The minimum absolute atomic E-state index is 0.0413. The molecule has 34 heavy (non-hydrogen) atoms. The first kappa shape index (κ1) is 25.3. The number of hydrogen-bond acceptors (Lipinski definition) is 6. The van der Waals surface area contributed by atoms with Gasteiger partial charge in [0.05, 0.1) is 12.0 Å². The van der Waals surface area contributed by atoms with Crippen LogP contribution < -0.4 is 11.5 Å². The van der Waals surface area contributed by atoms with Crippen molar-refractivity contribution in [2.24, 2.45) is 22.1 Å². The third-order valence-electron chi connectivity index (χ3n) is 7.18. The van der Waals surface area contributed by atoms with Gasteiger partial charge in [0.1, 0.15) is 11.3 Å². The van der Waals surface area contributed by atoms with Gasteiger partial charge in [-0.1, -0.05) is 57.4 Å². The van der Waals surface area contributed by atoms with Gasteiger partial charge in [-0.15, -0.1) is 0 Å². The van der Waals surface area contributed by atoms with Gasteiger partial charge in [-0.05, 0) is 43.7 Å². The van der Waals surface area contributed by atoms with Gasteiger partial charge in [0.25, 0.3) is 5.91 Å². The molecule has 1 aliphatic carbocycles. The average molecular weight is 466 g/mol. The van der Waals surface area contributed by atoms with Crippen molar-refractivity contribution < 1.29 is 14.3 Å². The lowest BCUT2D eigenvalue weighted by Crippen LogP contribution is -2.47. The molecular weight excluding hydrogens is 430 g/mol. The Hall–Kier alpha value is -3.29. The molecule has 1 aliphatic rings. The molecule has 1 aromatic carbocycles. The van der Waals surface area contributed by atoms with Crippen LogP contribution in [-0.4, -0.2) is 34.3 Å². The summed E-state index contributed by atoms with van der Waals surface area (Å²) in [6.45, 7) is 8.02. The molecule has 4 N–H and O–H groups in total. The second-order valence-electron chi connectivity index (χ2n) is 9.43. The van der Waals surface area contributed by atoms with E-state index in [-0.39, 0.29) is 24.3 Å². The van der Waals surface area contributed by atoms with Crippen molar-refractivity contribution in [3.63, 3.8) is 0 Å². The first-order chi connectivity index (χ1) is 16.1. The molecule has 1 heterocycles. The van der Waals surface area contributed by atoms with Crippen LogP contribution in [0.15, 0.2) is 41.7 Å². The number of hydrogen-bond donors (Lipinski definition) is 2. The van der Waals surface area contributed by atoms with Gasteiger partial charge in [-0.3, -0.25) is 9.59 Å². The quantitative estimate of drug-likeness (QED) is 0.273. The molecule has 0 bridgehead atoms. The zero-order chi connectivity index (χ0) is 24.9. The Kier molecular flexibility index (Phi) is 7.69. The topological polar surface area (TPSA) is 134 Å². The molecule has 0 radical (unpaired) electrons. The molecule has 8 nitrogen and oxygen atoms in total. The predicted molar refractivity (Wildman–Crippen MR) is 133 cm³/mol. The molecule has 3 rings (SSSR count). The molecule has 1 aromatic heterocycles. The number of aromatic nitrogens is 2. The summed E-state index contributed by atoms with van der Waals surface area (Å²) >= 11 is 0. The molecule has 1 saturated carbocycles. The second-order valence-corrected chi connectivity index (χ2v) is 9.43. The van der Waals surface area contributed by atoms with Gasteiger partial charge >= 0.3 is 5.97 Å². The number of nitrogen functional groups attached to an aromatic ring is 1. The first-order valence-electron chi connectivity index (χ1n) is 11.9. The van der Waals surface area contributed by atoms with Crippen LogP contribution in [0.2, 0.25) is 0 Å². The van der Waals surface area contributed by atoms with E-state index < -0.39 is 22.7 Å². The molecule has 1 atom stereocenters. The van der Waals surface area contributed by atoms with E-state index in [1.807, 2.05) is 45.0 Å². The van der Waals surface area contributed by atoms with E-state index in [4.69, 9.17) is 16.2 Å². The van der Waals surface area contributed by atoms with Crippen LogP contribution in [0.25, 0.3) is 11.1 Å². The van der Waals surface area contributed by atoms with Crippen molar-refractivity contribution in [3.8, 4) is 11.1 Å². The minimum atomic E-state index is -1.24. The van der Waals surface area contributed by atoms with Gasteiger partial charge in [0.15, 0.2) is 0 Å². The van der Waals surface area contributed by atoms with Gasteiger partial charge in [-0.2, -0.15) is 4.99 Å². The largest absolute Gasteiger partial charge is 0.465 e. The third kappa shape index (κ3) is 4.81. The standard InChI is InChI=1S/C26H35N5O3/c1-5-34-23(33)26(13-7-6-8-14-26)22(32)31-21(27)25(4,17(2)3)20-11-9-18(10-12-20)19-15-29-24(28)30-16-19/h9-12,15-17H,5-8,13-14H2,1-4H3,(H2,27,31,32)(H2,28,29,30). The number of benzene rings is 1. The highest BCUT2D eigenvalue weighted by Gasteiger charge is 2.48. The zero-order valence-corrected chi connectivity index (χ0v) is 20.5. The summed E-state index contributed by atoms with van der Waals surface area (Å²) in [7, 11) is 0. The number of ether oxygens (including phenoxy) is 1. The first-order valence-corrected chi connectivity index (χ1v) is 11.9. The molecule has 0 aliphatic heterocycles. The fraction of sp³-hybridized carbons (Fsp3) is 0.500. The van der Waals surface area contributed by atoms with Crippen LogP contribution in [0.3, 0.4) is 0 Å². The Morgan fingerprint density at radius 2 is 1.68 bits per heavy atom. The highest BCUT2D eigenvalue weighted by atomic mass is 16.5. The summed E-state index contributed by atoms with van der Waals surface area (Å²) in [5, 5.41) is 0. The van der Waals surface area contributed by atoms with E-state index in [0.717, 1.165) is 36.0 Å². The molecule has 182 valence electrons. The Bertz CT molecular complexity index is 1040. The SMILES string of the molecule is CCOC(=O)C1(C(=O)N=C(N)C(C)(c2ccc(-c3cnc(N)nc3)cc2)C(C)C)CCCCC1. The van der Waals surface area contributed by atoms with Crippen LogP contribution in [-0.2, 0) is 19.7 Å². The number of esters is 1. The Morgan fingerprint density at radius 3 is 2.21 bits per heavy atom. The lowest BCUT2D eigenvalue weighted by Gasteiger charge is -2.35. The number of aliphatic imine (C=N–C) groups is 1. The molecule has 2 aromatic rings. The van der Waals surface area contributed by atoms with Crippen molar-refractivity contribution in [2.45, 2.75) is 65.2 Å². The maximum absolute atomic E-state index is 13.4. The smallest absolute Gasteiger partial charge is 0.321 e. The summed E-state index contributed by atoms with van der Waals surface area (Å²) in [5.74, 6) is -0.520. The number of amides is 1. The average Bonchev–Trinajstić information content (AvgIpc) is 2.84. The van der Waals surface area contributed by atoms with Gasteiger partial charge in [0, 0.05) is 18.0 Å². The fourth-order valence-electron chi connectivity index (χ4n) is 4.54. The highest BCUT2D eigenvalue weighted by Crippen LogP contribution is 2.40. The summed E-state index contributed by atoms with van der Waals surface area (Å²) in [6.07, 6.45) is 6.80. The van der Waals surface area contributed by atoms with Crippen LogP contribution in [0, 0.1) is 11.3 Å². The monoisotopic (exact) mass is 465 g/mol. The summed E-state index contributed by atoms with van der Waals surface area (Å²) in [5.41, 5.74) is 12.9. The third-order valence-corrected chi connectivity index (χ3v) is 7.18. The molecule has 1 amide bonds. The zero-order valence-electron chi connectivity index (χ0n) is 20.5. The van der Waals surface area contributed by atoms with E-state index in [1.165, 1.54) is 0 Å². The van der Waals surface area contributed by atoms with Crippen LogP contribution in [0.1, 0.15) is 65.4 Å². The molecule has 0 saturated heterocycles. The Balaban J connectivity index is 1.95.